The van der Waals surface area contributed by atoms with Gasteiger partial charge in [0.15, 0.2) is 0 Å². The van der Waals surface area contributed by atoms with E-state index in [9.17, 15) is 0 Å². The highest BCUT2D eigenvalue weighted by atomic mass is 15.1. The van der Waals surface area contributed by atoms with Gasteiger partial charge in [0.05, 0.1) is 0 Å². The summed E-state index contributed by atoms with van der Waals surface area (Å²) in [4.78, 5) is 2.62. The molecule has 2 N–H and O–H groups in total. The van der Waals surface area contributed by atoms with Gasteiger partial charge in [-0.15, -0.1) is 0 Å². The minimum Gasteiger partial charge on any atom is -0.325 e. The van der Waals surface area contributed by atoms with E-state index in [0.29, 0.717) is 0 Å². The van der Waals surface area contributed by atoms with E-state index in [0.717, 1.165) is 12.5 Å². The van der Waals surface area contributed by atoms with Crippen molar-refractivity contribution >= 4 is 0 Å². The maximum Gasteiger partial charge on any atom is 0.0161 e. The average molecular weight is 226 g/mol. The van der Waals surface area contributed by atoms with Gasteiger partial charge in [0.1, 0.15) is 0 Å². The molecule has 0 aromatic carbocycles. The van der Waals surface area contributed by atoms with Crippen molar-refractivity contribution in [2.75, 3.05) is 19.6 Å². The Morgan fingerprint density at radius 2 is 1.75 bits per heavy atom. The zero-order valence-corrected chi connectivity index (χ0v) is 11.8. The molecule has 16 heavy (non-hydrogen) atoms. The zero-order valence-electron chi connectivity index (χ0n) is 11.8. The molecular formula is C14H30N2. The monoisotopic (exact) mass is 226 g/mol. The summed E-state index contributed by atoms with van der Waals surface area (Å²) in [6, 6.07) is 0. The lowest BCUT2D eigenvalue weighted by atomic mass is 9.75. The summed E-state index contributed by atoms with van der Waals surface area (Å²) < 4.78 is 0. The van der Waals surface area contributed by atoms with Gasteiger partial charge in [-0.1, -0.05) is 20.8 Å². The highest BCUT2D eigenvalue weighted by Gasteiger charge is 2.36. The van der Waals surface area contributed by atoms with Crippen LogP contribution < -0.4 is 5.73 Å². The quantitative estimate of drug-likeness (QED) is 0.723. The first-order chi connectivity index (χ1) is 7.26. The van der Waals surface area contributed by atoms with Gasteiger partial charge in [-0.2, -0.15) is 0 Å². The molecule has 0 unspecified atom stereocenters. The van der Waals surface area contributed by atoms with Crippen molar-refractivity contribution in [2.45, 2.75) is 59.4 Å². The third kappa shape index (κ3) is 4.06. The van der Waals surface area contributed by atoms with Crippen LogP contribution in [0.25, 0.3) is 0 Å². The first-order valence-electron chi connectivity index (χ1n) is 6.77. The van der Waals surface area contributed by atoms with E-state index < -0.39 is 0 Å². The summed E-state index contributed by atoms with van der Waals surface area (Å²) >= 11 is 0. The maximum atomic E-state index is 6.28. The second-order valence-electron chi connectivity index (χ2n) is 6.78. The largest absolute Gasteiger partial charge is 0.325 e. The van der Waals surface area contributed by atoms with E-state index in [-0.39, 0.29) is 11.0 Å². The second-order valence-corrected chi connectivity index (χ2v) is 6.78. The molecule has 2 heteroatoms. The fraction of sp³-hybridized carbons (Fsp3) is 1.00. The van der Waals surface area contributed by atoms with Crippen LogP contribution in [0, 0.1) is 11.3 Å². The van der Waals surface area contributed by atoms with E-state index in [2.05, 4.69) is 39.5 Å². The summed E-state index contributed by atoms with van der Waals surface area (Å²) in [6.07, 6.45) is 4.12. The summed E-state index contributed by atoms with van der Waals surface area (Å²) in [5, 5.41) is 0. The van der Waals surface area contributed by atoms with Gasteiger partial charge in [0.25, 0.3) is 0 Å². The molecule has 96 valence electrons. The lowest BCUT2D eigenvalue weighted by molar-refractivity contribution is 0.110. The van der Waals surface area contributed by atoms with Crippen LogP contribution in [-0.2, 0) is 0 Å². The molecule has 0 heterocycles. The lowest BCUT2D eigenvalue weighted by Gasteiger charge is -2.42. The molecule has 0 aromatic rings. The van der Waals surface area contributed by atoms with E-state index in [1.807, 2.05) is 0 Å². The van der Waals surface area contributed by atoms with Gasteiger partial charge in [-0.05, 0) is 51.0 Å². The summed E-state index contributed by atoms with van der Waals surface area (Å²) in [6.45, 7) is 14.8. The summed E-state index contributed by atoms with van der Waals surface area (Å²) in [7, 11) is 0. The van der Waals surface area contributed by atoms with Gasteiger partial charge in [0, 0.05) is 18.6 Å². The maximum absolute atomic E-state index is 6.28. The topological polar surface area (TPSA) is 29.3 Å². The Balaban J connectivity index is 2.51. The van der Waals surface area contributed by atoms with Crippen molar-refractivity contribution in [3.8, 4) is 0 Å². The summed E-state index contributed by atoms with van der Waals surface area (Å²) in [5.74, 6) is 0.975. The number of nitrogens with two attached hydrogens (primary N) is 1. The number of rotatable bonds is 7. The molecule has 0 spiro atoms. The van der Waals surface area contributed by atoms with Gasteiger partial charge < -0.3 is 10.6 Å². The molecule has 0 atom stereocenters. The molecule has 1 rings (SSSR count). The first kappa shape index (κ1) is 14.0. The Hall–Kier alpha value is -0.0800. The molecule has 0 radical (unpaired) electrons. The highest BCUT2D eigenvalue weighted by molar-refractivity contribution is 4.93. The molecule has 1 aliphatic rings. The Kier molecular flexibility index (Phi) is 4.42. The fourth-order valence-corrected chi connectivity index (χ4v) is 1.98. The molecule has 0 saturated heterocycles. The van der Waals surface area contributed by atoms with Gasteiger partial charge in [-0.25, -0.2) is 0 Å². The molecule has 0 aromatic heterocycles. The number of nitrogens with zero attached hydrogens (tertiary/aromatic N) is 1. The van der Waals surface area contributed by atoms with Crippen molar-refractivity contribution < 1.29 is 0 Å². The molecular weight excluding hydrogens is 196 g/mol. The van der Waals surface area contributed by atoms with Crippen molar-refractivity contribution in [3.05, 3.63) is 0 Å². The van der Waals surface area contributed by atoms with Crippen LogP contribution in [0.3, 0.4) is 0 Å². The number of hydrogen-bond donors (Lipinski definition) is 1. The van der Waals surface area contributed by atoms with E-state index >= 15 is 0 Å². The molecule has 1 saturated carbocycles. The zero-order chi connectivity index (χ0) is 12.4. The van der Waals surface area contributed by atoms with Crippen LogP contribution in [0.4, 0.5) is 0 Å². The lowest BCUT2D eigenvalue weighted by Crippen LogP contribution is -2.53. The Morgan fingerprint density at radius 1 is 1.19 bits per heavy atom. The first-order valence-corrected chi connectivity index (χ1v) is 6.77. The van der Waals surface area contributed by atoms with Gasteiger partial charge in [-0.3, -0.25) is 0 Å². The van der Waals surface area contributed by atoms with Crippen LogP contribution >= 0.6 is 0 Å². The van der Waals surface area contributed by atoms with Crippen molar-refractivity contribution in [1.82, 2.24) is 4.90 Å². The predicted molar refractivity (Wildman–Crippen MR) is 71.5 cm³/mol. The molecule has 1 aliphatic carbocycles. The minimum absolute atomic E-state index is 0.109. The smallest absolute Gasteiger partial charge is 0.0161 e. The fourth-order valence-electron chi connectivity index (χ4n) is 1.98. The Morgan fingerprint density at radius 3 is 2.12 bits per heavy atom. The number of hydrogen-bond acceptors (Lipinski definition) is 2. The Labute approximate surface area is 102 Å². The van der Waals surface area contributed by atoms with Crippen molar-refractivity contribution in [3.63, 3.8) is 0 Å². The predicted octanol–water partition coefficient (Wildman–Crippen LogP) is 2.87. The normalized spacial score (nSPS) is 18.2. The van der Waals surface area contributed by atoms with Crippen LogP contribution in [0.2, 0.25) is 0 Å². The average Bonchev–Trinajstić information content (AvgIpc) is 2.85. The molecule has 0 bridgehead atoms. The van der Waals surface area contributed by atoms with Crippen LogP contribution in [-0.4, -0.2) is 30.1 Å². The molecule has 2 nitrogen and oxygen atoms in total. The van der Waals surface area contributed by atoms with Crippen LogP contribution in [0.15, 0.2) is 0 Å². The third-order valence-electron chi connectivity index (χ3n) is 4.12. The van der Waals surface area contributed by atoms with E-state index in [1.54, 1.807) is 0 Å². The molecule has 1 fully saturated rings. The third-order valence-corrected chi connectivity index (χ3v) is 4.12. The van der Waals surface area contributed by atoms with Crippen LogP contribution in [0.1, 0.15) is 53.9 Å². The summed E-state index contributed by atoms with van der Waals surface area (Å²) in [5.41, 5.74) is 6.35. The molecule has 0 amide bonds. The second kappa shape index (κ2) is 5.05. The highest BCUT2D eigenvalue weighted by Crippen LogP contribution is 2.33. The minimum atomic E-state index is -0.109. The van der Waals surface area contributed by atoms with E-state index in [4.69, 9.17) is 5.73 Å². The van der Waals surface area contributed by atoms with Crippen molar-refractivity contribution in [2.24, 2.45) is 17.1 Å². The van der Waals surface area contributed by atoms with Crippen molar-refractivity contribution in [1.29, 1.82) is 0 Å². The van der Waals surface area contributed by atoms with Crippen LogP contribution in [0.5, 0.6) is 0 Å². The molecule has 0 aliphatic heterocycles. The SMILES string of the molecule is CCCN(CC1CC1)CC(C)(C)C(C)(C)N. The standard InChI is InChI=1S/C14H30N2/c1-6-9-16(10-12-7-8-12)11-13(2,3)14(4,5)15/h12H,6-11,15H2,1-5H3. The van der Waals surface area contributed by atoms with Gasteiger partial charge >= 0.3 is 0 Å². The van der Waals surface area contributed by atoms with E-state index in [1.165, 1.54) is 32.4 Å². The Bertz CT molecular complexity index is 211. The van der Waals surface area contributed by atoms with Gasteiger partial charge in [0.2, 0.25) is 0 Å².